The van der Waals surface area contributed by atoms with Gasteiger partial charge in [-0.15, -0.1) is 0 Å². The zero-order valence-corrected chi connectivity index (χ0v) is 9.82. The average Bonchev–Trinajstić information content (AvgIpc) is 2.94. The van der Waals surface area contributed by atoms with Gasteiger partial charge in [0.2, 0.25) is 5.91 Å². The average molecular weight is 228 g/mol. The Labute approximate surface area is 95.4 Å². The lowest BCUT2D eigenvalue weighted by molar-refractivity contribution is -0.143. The zero-order valence-electron chi connectivity index (χ0n) is 9.82. The molecule has 16 heavy (non-hydrogen) atoms. The van der Waals surface area contributed by atoms with Crippen LogP contribution in [0.1, 0.15) is 33.1 Å². The Morgan fingerprint density at radius 2 is 2.00 bits per heavy atom. The van der Waals surface area contributed by atoms with Gasteiger partial charge < -0.3 is 16.2 Å². The smallest absolute Gasteiger partial charge is 0.329 e. The topological polar surface area (TPSA) is 92.4 Å². The fourth-order valence-electron chi connectivity index (χ4n) is 1.73. The summed E-state index contributed by atoms with van der Waals surface area (Å²) in [5.74, 6) is -1.08. The van der Waals surface area contributed by atoms with Crippen molar-refractivity contribution in [2.45, 2.75) is 38.6 Å². The number of carbonyl (C=O) groups excluding carboxylic acids is 1. The van der Waals surface area contributed by atoms with Crippen molar-refractivity contribution in [3.8, 4) is 0 Å². The molecule has 0 aromatic rings. The summed E-state index contributed by atoms with van der Waals surface area (Å²) in [6.07, 6.45) is 1.73. The first-order valence-corrected chi connectivity index (χ1v) is 5.67. The molecule has 1 aliphatic rings. The third-order valence-corrected chi connectivity index (χ3v) is 2.93. The van der Waals surface area contributed by atoms with Crippen LogP contribution in [0.5, 0.6) is 0 Å². The van der Waals surface area contributed by atoms with E-state index in [2.05, 4.69) is 5.32 Å². The van der Waals surface area contributed by atoms with E-state index in [-0.39, 0.29) is 18.4 Å². The minimum atomic E-state index is -0.999. The molecule has 5 heteroatoms. The van der Waals surface area contributed by atoms with E-state index in [1.807, 2.05) is 13.8 Å². The van der Waals surface area contributed by atoms with E-state index in [1.165, 1.54) is 0 Å². The number of rotatable bonds is 6. The molecule has 0 aromatic carbocycles. The quantitative estimate of drug-likeness (QED) is 0.611. The molecule has 0 spiro atoms. The molecule has 5 nitrogen and oxygen atoms in total. The van der Waals surface area contributed by atoms with Gasteiger partial charge in [0, 0.05) is 6.54 Å². The van der Waals surface area contributed by atoms with Crippen LogP contribution >= 0.6 is 0 Å². The number of carboxylic acids is 1. The standard InChI is InChI=1S/C11H20N2O3/c1-7(2)5-8(6-12)9(14)13-11(3-4-11)10(15)16/h7-8H,3-6,12H2,1-2H3,(H,13,14)(H,15,16). The van der Waals surface area contributed by atoms with Gasteiger partial charge in [-0.3, -0.25) is 4.79 Å². The molecule has 1 aliphatic carbocycles. The fourth-order valence-corrected chi connectivity index (χ4v) is 1.73. The Morgan fingerprint density at radius 3 is 2.31 bits per heavy atom. The molecule has 92 valence electrons. The Morgan fingerprint density at radius 1 is 1.44 bits per heavy atom. The van der Waals surface area contributed by atoms with Crippen LogP contribution in [-0.4, -0.2) is 29.1 Å². The molecule has 0 saturated heterocycles. The Balaban J connectivity index is 2.53. The minimum Gasteiger partial charge on any atom is -0.480 e. The first kappa shape index (κ1) is 13.0. The van der Waals surface area contributed by atoms with E-state index in [0.29, 0.717) is 25.2 Å². The van der Waals surface area contributed by atoms with Crippen molar-refractivity contribution in [2.24, 2.45) is 17.6 Å². The number of carbonyl (C=O) groups is 2. The highest BCUT2D eigenvalue weighted by molar-refractivity contribution is 5.90. The second-order valence-electron chi connectivity index (χ2n) is 4.94. The molecule has 4 N–H and O–H groups in total. The van der Waals surface area contributed by atoms with Crippen LogP contribution < -0.4 is 11.1 Å². The molecule has 1 fully saturated rings. The number of hydrogen-bond acceptors (Lipinski definition) is 3. The lowest BCUT2D eigenvalue weighted by Crippen LogP contribution is -2.47. The molecular formula is C11H20N2O3. The van der Waals surface area contributed by atoms with Crippen LogP contribution in [0.2, 0.25) is 0 Å². The van der Waals surface area contributed by atoms with E-state index >= 15 is 0 Å². The van der Waals surface area contributed by atoms with E-state index < -0.39 is 11.5 Å². The summed E-state index contributed by atoms with van der Waals surface area (Å²) in [4.78, 5) is 22.7. The van der Waals surface area contributed by atoms with Crippen LogP contribution in [0, 0.1) is 11.8 Å². The Hall–Kier alpha value is -1.10. The van der Waals surface area contributed by atoms with Crippen molar-refractivity contribution in [1.29, 1.82) is 0 Å². The van der Waals surface area contributed by atoms with Crippen molar-refractivity contribution in [2.75, 3.05) is 6.54 Å². The molecule has 0 bridgehead atoms. The molecule has 0 aromatic heterocycles. The van der Waals surface area contributed by atoms with Crippen molar-refractivity contribution < 1.29 is 14.7 Å². The van der Waals surface area contributed by atoms with Gasteiger partial charge in [-0.2, -0.15) is 0 Å². The first-order chi connectivity index (χ1) is 7.41. The summed E-state index contributed by atoms with van der Waals surface area (Å²) in [5, 5.41) is 11.5. The van der Waals surface area contributed by atoms with Crippen molar-refractivity contribution in [3.63, 3.8) is 0 Å². The van der Waals surface area contributed by atoms with Gasteiger partial charge in [0.15, 0.2) is 0 Å². The maximum atomic E-state index is 11.8. The number of hydrogen-bond donors (Lipinski definition) is 3. The summed E-state index contributed by atoms with van der Waals surface area (Å²) in [6, 6.07) is 0. The zero-order chi connectivity index (χ0) is 12.3. The van der Waals surface area contributed by atoms with Crippen molar-refractivity contribution in [3.05, 3.63) is 0 Å². The third-order valence-electron chi connectivity index (χ3n) is 2.93. The molecule has 0 aliphatic heterocycles. The summed E-state index contributed by atoms with van der Waals surface area (Å²) in [5.41, 5.74) is 4.53. The highest BCUT2D eigenvalue weighted by Gasteiger charge is 2.52. The largest absolute Gasteiger partial charge is 0.480 e. The SMILES string of the molecule is CC(C)CC(CN)C(=O)NC1(C(=O)O)CC1. The van der Waals surface area contributed by atoms with Gasteiger partial charge in [0.05, 0.1) is 5.92 Å². The maximum absolute atomic E-state index is 11.8. The normalized spacial score (nSPS) is 19.2. The summed E-state index contributed by atoms with van der Waals surface area (Å²) >= 11 is 0. The second kappa shape index (κ2) is 4.82. The summed E-state index contributed by atoms with van der Waals surface area (Å²) < 4.78 is 0. The van der Waals surface area contributed by atoms with Gasteiger partial charge in [-0.25, -0.2) is 4.79 Å². The predicted molar refractivity (Wildman–Crippen MR) is 59.7 cm³/mol. The van der Waals surface area contributed by atoms with E-state index in [1.54, 1.807) is 0 Å². The number of nitrogens with two attached hydrogens (primary N) is 1. The van der Waals surface area contributed by atoms with Crippen LogP contribution in [0.15, 0.2) is 0 Å². The van der Waals surface area contributed by atoms with Gasteiger partial charge in [-0.1, -0.05) is 13.8 Å². The van der Waals surface area contributed by atoms with E-state index in [9.17, 15) is 9.59 Å². The van der Waals surface area contributed by atoms with Gasteiger partial charge in [0.25, 0.3) is 0 Å². The summed E-state index contributed by atoms with van der Waals surface area (Å²) in [6.45, 7) is 4.29. The summed E-state index contributed by atoms with van der Waals surface area (Å²) in [7, 11) is 0. The van der Waals surface area contributed by atoms with Gasteiger partial charge in [0.1, 0.15) is 5.54 Å². The van der Waals surface area contributed by atoms with Crippen molar-refractivity contribution >= 4 is 11.9 Å². The van der Waals surface area contributed by atoms with Crippen molar-refractivity contribution in [1.82, 2.24) is 5.32 Å². The molecule has 1 saturated carbocycles. The van der Waals surface area contributed by atoms with Gasteiger partial charge >= 0.3 is 5.97 Å². The predicted octanol–water partition coefficient (Wildman–Crippen LogP) is 0.341. The van der Waals surface area contributed by atoms with E-state index in [0.717, 1.165) is 0 Å². The molecule has 0 heterocycles. The molecule has 1 amide bonds. The lowest BCUT2D eigenvalue weighted by atomic mass is 9.96. The minimum absolute atomic E-state index is 0.226. The number of aliphatic carboxylic acids is 1. The van der Waals surface area contributed by atoms with Crippen LogP contribution in [0.25, 0.3) is 0 Å². The van der Waals surface area contributed by atoms with Crippen LogP contribution in [0.3, 0.4) is 0 Å². The van der Waals surface area contributed by atoms with Crippen LogP contribution in [0.4, 0.5) is 0 Å². The third kappa shape index (κ3) is 2.95. The second-order valence-corrected chi connectivity index (χ2v) is 4.94. The fraction of sp³-hybridized carbons (Fsp3) is 0.818. The Kier molecular flexibility index (Phi) is 3.91. The molecule has 1 unspecified atom stereocenters. The van der Waals surface area contributed by atoms with E-state index in [4.69, 9.17) is 10.8 Å². The van der Waals surface area contributed by atoms with Crippen LogP contribution in [-0.2, 0) is 9.59 Å². The Bertz CT molecular complexity index is 285. The molecule has 1 rings (SSSR count). The number of nitrogens with one attached hydrogen (secondary N) is 1. The monoisotopic (exact) mass is 228 g/mol. The number of amides is 1. The maximum Gasteiger partial charge on any atom is 0.329 e. The molecule has 1 atom stereocenters. The molecule has 0 radical (unpaired) electrons. The van der Waals surface area contributed by atoms with Gasteiger partial charge in [-0.05, 0) is 25.2 Å². The lowest BCUT2D eigenvalue weighted by Gasteiger charge is -2.20. The molecular weight excluding hydrogens is 208 g/mol. The highest BCUT2D eigenvalue weighted by atomic mass is 16.4. The highest BCUT2D eigenvalue weighted by Crippen LogP contribution is 2.35. The first-order valence-electron chi connectivity index (χ1n) is 5.67. The number of carboxylic acid groups (broad SMARTS) is 1.